The van der Waals surface area contributed by atoms with E-state index < -0.39 is 11.9 Å². The molecule has 4 amide bonds. The molecular formula is C26H35N7O4. The smallest absolute Gasteiger partial charge is 0.318 e. The Morgan fingerprint density at radius 3 is 2.62 bits per heavy atom. The van der Waals surface area contributed by atoms with Crippen molar-refractivity contribution in [2.45, 2.75) is 83.3 Å². The highest BCUT2D eigenvalue weighted by Crippen LogP contribution is 2.40. The van der Waals surface area contributed by atoms with Crippen molar-refractivity contribution in [3.8, 4) is 0 Å². The number of anilines is 1. The van der Waals surface area contributed by atoms with E-state index >= 15 is 0 Å². The Kier molecular flexibility index (Phi) is 6.87. The Morgan fingerprint density at radius 1 is 1.19 bits per heavy atom. The lowest BCUT2D eigenvalue weighted by atomic mass is 9.79. The van der Waals surface area contributed by atoms with Crippen molar-refractivity contribution in [1.29, 1.82) is 0 Å². The Bertz CT molecular complexity index is 1170. The van der Waals surface area contributed by atoms with Crippen LogP contribution in [0.5, 0.6) is 0 Å². The molecule has 11 nitrogen and oxygen atoms in total. The molecule has 1 atom stereocenters. The van der Waals surface area contributed by atoms with Crippen molar-refractivity contribution in [2.75, 3.05) is 11.9 Å². The average Bonchev–Trinajstić information content (AvgIpc) is 3.51. The minimum atomic E-state index is -0.737. The molecule has 2 aromatic rings. The molecule has 0 spiro atoms. The van der Waals surface area contributed by atoms with E-state index in [1.165, 1.54) is 0 Å². The number of aromatic nitrogens is 3. The number of amides is 4. The number of rotatable bonds is 8. The number of hydrogen-bond donors (Lipinski definition) is 3. The van der Waals surface area contributed by atoms with Gasteiger partial charge in [0.2, 0.25) is 5.91 Å². The quantitative estimate of drug-likeness (QED) is 0.496. The minimum Gasteiger partial charge on any atom is -0.338 e. The third-order valence-corrected chi connectivity index (χ3v) is 7.56. The van der Waals surface area contributed by atoms with Gasteiger partial charge < -0.3 is 20.9 Å². The summed E-state index contributed by atoms with van der Waals surface area (Å²) >= 11 is 0. The Hall–Kier alpha value is -3.50. The van der Waals surface area contributed by atoms with Crippen LogP contribution in [0.15, 0.2) is 23.0 Å². The highest BCUT2D eigenvalue weighted by atomic mass is 16.6. The number of urea groups is 1. The first-order valence-corrected chi connectivity index (χ1v) is 13.1. The van der Waals surface area contributed by atoms with Crippen molar-refractivity contribution >= 4 is 23.7 Å². The van der Waals surface area contributed by atoms with Crippen LogP contribution in [0.3, 0.4) is 0 Å². The zero-order valence-electron chi connectivity index (χ0n) is 21.6. The fourth-order valence-electron chi connectivity index (χ4n) is 5.35. The maximum absolute atomic E-state index is 13.5. The van der Waals surface area contributed by atoms with Crippen molar-refractivity contribution in [3.05, 3.63) is 35.3 Å². The van der Waals surface area contributed by atoms with Gasteiger partial charge in [0.05, 0.1) is 5.54 Å². The molecular weight excluding hydrogens is 474 g/mol. The van der Waals surface area contributed by atoms with E-state index in [-0.39, 0.29) is 35.0 Å². The fraction of sp³-hybridized carbons (Fsp3) is 0.615. The first-order valence-electron chi connectivity index (χ1n) is 13.1. The van der Waals surface area contributed by atoms with Crippen molar-refractivity contribution in [1.82, 2.24) is 30.8 Å². The third kappa shape index (κ3) is 5.91. The number of carbonyl (C=O) groups excluding carboxylic acids is 3. The van der Waals surface area contributed by atoms with E-state index in [4.69, 9.17) is 4.63 Å². The van der Waals surface area contributed by atoms with Gasteiger partial charge >= 0.3 is 6.03 Å². The second-order valence-electron chi connectivity index (χ2n) is 11.5. The Balaban J connectivity index is 1.29. The maximum atomic E-state index is 13.5. The van der Waals surface area contributed by atoms with Gasteiger partial charge in [-0.2, -0.15) is 0 Å². The van der Waals surface area contributed by atoms with Crippen LogP contribution < -0.4 is 16.0 Å². The van der Waals surface area contributed by atoms with Gasteiger partial charge in [0.15, 0.2) is 5.69 Å². The molecule has 3 N–H and O–H groups in total. The molecule has 11 heteroatoms. The number of pyridine rings is 1. The average molecular weight is 510 g/mol. The number of nitrogens with zero attached hydrogens (tertiary/aromatic N) is 4. The molecule has 2 saturated carbocycles. The zero-order chi connectivity index (χ0) is 26.2. The Labute approximate surface area is 216 Å². The maximum Gasteiger partial charge on any atom is 0.318 e. The molecule has 1 aliphatic heterocycles. The van der Waals surface area contributed by atoms with Crippen molar-refractivity contribution < 1.29 is 19.0 Å². The SMILES string of the molecule is CC1CCC([C@H](NC(=O)c2nonc2C2CC2)C(=O)Nc2cc(CN3CC(C)(C)NC3=O)ccn2)CC1. The molecule has 37 heavy (non-hydrogen) atoms. The van der Waals surface area contributed by atoms with E-state index in [1.807, 2.05) is 19.9 Å². The van der Waals surface area contributed by atoms with Crippen LogP contribution in [0.1, 0.15) is 87.0 Å². The normalized spacial score (nSPS) is 23.9. The lowest BCUT2D eigenvalue weighted by Crippen LogP contribution is -2.49. The van der Waals surface area contributed by atoms with Gasteiger partial charge in [-0.25, -0.2) is 14.4 Å². The summed E-state index contributed by atoms with van der Waals surface area (Å²) in [6.45, 7) is 7.16. The molecule has 2 aromatic heterocycles. The fourth-order valence-corrected chi connectivity index (χ4v) is 5.35. The molecule has 0 aromatic carbocycles. The molecule has 198 valence electrons. The molecule has 0 unspecified atom stereocenters. The molecule has 5 rings (SSSR count). The highest BCUT2D eigenvalue weighted by molar-refractivity contribution is 6.00. The molecule has 3 aliphatic rings. The first kappa shape index (κ1) is 25.2. The van der Waals surface area contributed by atoms with Gasteiger partial charge in [-0.1, -0.05) is 24.9 Å². The summed E-state index contributed by atoms with van der Waals surface area (Å²) in [4.78, 5) is 45.0. The summed E-state index contributed by atoms with van der Waals surface area (Å²) in [6, 6.07) is 2.74. The summed E-state index contributed by atoms with van der Waals surface area (Å²) < 4.78 is 4.85. The van der Waals surface area contributed by atoms with Gasteiger partial charge in [0, 0.05) is 25.2 Å². The summed E-state index contributed by atoms with van der Waals surface area (Å²) in [5.74, 6) is 0.427. The molecule has 3 heterocycles. The summed E-state index contributed by atoms with van der Waals surface area (Å²) in [5.41, 5.74) is 1.30. The summed E-state index contributed by atoms with van der Waals surface area (Å²) in [7, 11) is 0. The van der Waals surface area contributed by atoms with E-state index in [0.717, 1.165) is 44.1 Å². The third-order valence-electron chi connectivity index (χ3n) is 7.56. The summed E-state index contributed by atoms with van der Waals surface area (Å²) in [6.07, 6.45) is 7.23. The van der Waals surface area contributed by atoms with Crippen molar-refractivity contribution in [2.24, 2.45) is 11.8 Å². The monoisotopic (exact) mass is 509 g/mol. The lowest BCUT2D eigenvalue weighted by Gasteiger charge is -2.32. The van der Waals surface area contributed by atoms with Crippen LogP contribution in [0.4, 0.5) is 10.6 Å². The minimum absolute atomic E-state index is 0.00287. The Morgan fingerprint density at radius 2 is 1.95 bits per heavy atom. The molecule has 1 saturated heterocycles. The van der Waals surface area contributed by atoms with Gasteiger partial charge in [-0.05, 0) is 74.2 Å². The van der Waals surface area contributed by atoms with Gasteiger partial charge in [0.1, 0.15) is 17.6 Å². The van der Waals surface area contributed by atoms with E-state index in [1.54, 1.807) is 17.2 Å². The van der Waals surface area contributed by atoms with E-state index in [0.29, 0.717) is 30.5 Å². The number of carbonyl (C=O) groups is 3. The first-order chi connectivity index (χ1) is 17.7. The van der Waals surface area contributed by atoms with Crippen LogP contribution in [-0.4, -0.2) is 56.2 Å². The highest BCUT2D eigenvalue weighted by Gasteiger charge is 2.37. The van der Waals surface area contributed by atoms with Crippen molar-refractivity contribution in [3.63, 3.8) is 0 Å². The lowest BCUT2D eigenvalue weighted by molar-refractivity contribution is -0.119. The zero-order valence-corrected chi connectivity index (χ0v) is 21.6. The van der Waals surface area contributed by atoms with E-state index in [9.17, 15) is 14.4 Å². The van der Waals surface area contributed by atoms with Crippen LogP contribution in [0, 0.1) is 11.8 Å². The predicted molar refractivity (Wildman–Crippen MR) is 135 cm³/mol. The molecule has 0 radical (unpaired) electrons. The predicted octanol–water partition coefficient (Wildman–Crippen LogP) is 3.21. The van der Waals surface area contributed by atoms with Gasteiger partial charge in [-0.15, -0.1) is 0 Å². The van der Waals surface area contributed by atoms with Crippen LogP contribution >= 0.6 is 0 Å². The van der Waals surface area contributed by atoms with Crippen LogP contribution in [0.25, 0.3) is 0 Å². The van der Waals surface area contributed by atoms with Gasteiger partial charge in [0.25, 0.3) is 5.91 Å². The van der Waals surface area contributed by atoms with E-state index in [2.05, 4.69) is 38.2 Å². The molecule has 0 bridgehead atoms. The second-order valence-corrected chi connectivity index (χ2v) is 11.5. The standard InChI is InChI=1S/C26H35N7O4/c1-15-4-6-18(7-5-15)21(29-24(35)22-20(17-8-9-17)31-37-32-22)23(34)28-19-12-16(10-11-27-19)13-33-14-26(2,3)30-25(33)36/h10-12,15,17-18,21H,4-9,13-14H2,1-3H3,(H,29,35)(H,30,36)(H,27,28,34)/t15?,18?,21-/m0/s1. The second kappa shape index (κ2) is 10.1. The number of nitrogens with one attached hydrogen (secondary N) is 3. The van der Waals surface area contributed by atoms with Gasteiger partial charge in [-0.3, -0.25) is 9.59 Å². The topological polar surface area (TPSA) is 142 Å². The van der Waals surface area contributed by atoms with Crippen LogP contribution in [-0.2, 0) is 11.3 Å². The number of hydrogen-bond acceptors (Lipinski definition) is 7. The summed E-state index contributed by atoms with van der Waals surface area (Å²) in [5, 5.41) is 16.5. The molecule has 2 aliphatic carbocycles. The molecule has 3 fully saturated rings. The van der Waals surface area contributed by atoms with Crippen LogP contribution in [0.2, 0.25) is 0 Å². The largest absolute Gasteiger partial charge is 0.338 e.